The van der Waals surface area contributed by atoms with Crippen molar-refractivity contribution in [2.45, 2.75) is 19.8 Å². The number of aryl methyl sites for hydroxylation is 1. The van der Waals surface area contributed by atoms with E-state index in [0.29, 0.717) is 5.82 Å². The van der Waals surface area contributed by atoms with Crippen molar-refractivity contribution >= 4 is 5.82 Å². The highest BCUT2D eigenvalue weighted by molar-refractivity contribution is 5.64. The Morgan fingerprint density at radius 1 is 1.38 bits per heavy atom. The molecule has 5 heteroatoms. The highest BCUT2D eigenvalue weighted by atomic mass is 15.3. The van der Waals surface area contributed by atoms with Crippen LogP contribution in [0.5, 0.6) is 0 Å². The number of aromatic nitrogens is 4. The van der Waals surface area contributed by atoms with Crippen molar-refractivity contribution in [1.82, 2.24) is 19.7 Å². The van der Waals surface area contributed by atoms with Gasteiger partial charge in [0.25, 0.3) is 0 Å². The lowest BCUT2D eigenvalue weighted by molar-refractivity contribution is 0.770. The van der Waals surface area contributed by atoms with Crippen LogP contribution in [0.4, 0.5) is 5.82 Å². The molecular formula is C11H15N5. The van der Waals surface area contributed by atoms with Gasteiger partial charge in [-0.25, -0.2) is 9.97 Å². The van der Waals surface area contributed by atoms with Crippen LogP contribution in [0.25, 0.3) is 11.4 Å². The predicted octanol–water partition coefficient (Wildman–Crippen LogP) is 1.41. The second kappa shape index (κ2) is 4.30. The standard InChI is InChI=1S/C11H15N5/c1-3-4-8-10(13-7-14-11(8)12)9-5-6-15-16(9)2/h5-7H,3-4H2,1-2H3,(H2,12,13,14). The molecule has 2 heterocycles. The molecule has 0 unspecified atom stereocenters. The first-order valence-electron chi connectivity index (χ1n) is 5.31. The van der Waals surface area contributed by atoms with Gasteiger partial charge in [0.05, 0.1) is 11.4 Å². The van der Waals surface area contributed by atoms with Gasteiger partial charge in [0, 0.05) is 18.8 Å². The fraction of sp³-hybridized carbons (Fsp3) is 0.364. The number of nitrogens with two attached hydrogens (primary N) is 1. The summed E-state index contributed by atoms with van der Waals surface area (Å²) in [5, 5.41) is 4.14. The molecule has 0 aliphatic heterocycles. The first-order chi connectivity index (χ1) is 7.74. The smallest absolute Gasteiger partial charge is 0.130 e. The van der Waals surface area contributed by atoms with E-state index in [1.807, 2.05) is 13.1 Å². The van der Waals surface area contributed by atoms with Gasteiger partial charge in [-0.3, -0.25) is 4.68 Å². The molecule has 0 aromatic carbocycles. The zero-order valence-electron chi connectivity index (χ0n) is 9.51. The molecule has 2 N–H and O–H groups in total. The monoisotopic (exact) mass is 217 g/mol. The highest BCUT2D eigenvalue weighted by Crippen LogP contribution is 2.24. The summed E-state index contributed by atoms with van der Waals surface area (Å²) in [6, 6.07) is 1.93. The van der Waals surface area contributed by atoms with Gasteiger partial charge in [0.1, 0.15) is 12.1 Å². The first kappa shape index (κ1) is 10.6. The molecule has 0 aliphatic carbocycles. The third-order valence-corrected chi connectivity index (χ3v) is 2.54. The van der Waals surface area contributed by atoms with Crippen molar-refractivity contribution in [3.05, 3.63) is 24.2 Å². The maximum Gasteiger partial charge on any atom is 0.130 e. The maximum absolute atomic E-state index is 5.88. The molecule has 0 saturated carbocycles. The summed E-state index contributed by atoms with van der Waals surface area (Å²) in [6.07, 6.45) is 5.15. The molecule has 2 aromatic rings. The number of anilines is 1. The molecule has 5 nitrogen and oxygen atoms in total. The molecular weight excluding hydrogens is 202 g/mol. The summed E-state index contributed by atoms with van der Waals surface area (Å²) in [5.74, 6) is 0.563. The maximum atomic E-state index is 5.88. The number of hydrogen-bond donors (Lipinski definition) is 1. The van der Waals surface area contributed by atoms with E-state index in [0.717, 1.165) is 29.8 Å². The van der Waals surface area contributed by atoms with Gasteiger partial charge in [-0.15, -0.1) is 0 Å². The highest BCUT2D eigenvalue weighted by Gasteiger charge is 2.12. The largest absolute Gasteiger partial charge is 0.383 e. The van der Waals surface area contributed by atoms with Crippen LogP contribution in [0.3, 0.4) is 0 Å². The zero-order valence-corrected chi connectivity index (χ0v) is 9.51. The minimum Gasteiger partial charge on any atom is -0.383 e. The summed E-state index contributed by atoms with van der Waals surface area (Å²) < 4.78 is 1.79. The Morgan fingerprint density at radius 3 is 2.81 bits per heavy atom. The summed E-state index contributed by atoms with van der Waals surface area (Å²) in [4.78, 5) is 8.34. The van der Waals surface area contributed by atoms with E-state index in [1.165, 1.54) is 6.33 Å². The number of nitrogen functional groups attached to an aromatic ring is 1. The summed E-state index contributed by atoms with van der Waals surface area (Å²) in [6.45, 7) is 2.11. The Balaban J connectivity index is 2.56. The average Bonchev–Trinajstić information content (AvgIpc) is 2.68. The van der Waals surface area contributed by atoms with Crippen molar-refractivity contribution in [3.63, 3.8) is 0 Å². The molecule has 2 rings (SSSR count). The Morgan fingerprint density at radius 2 is 2.19 bits per heavy atom. The summed E-state index contributed by atoms with van der Waals surface area (Å²) >= 11 is 0. The molecule has 84 valence electrons. The van der Waals surface area contributed by atoms with E-state index in [9.17, 15) is 0 Å². The molecule has 0 saturated heterocycles. The lowest BCUT2D eigenvalue weighted by Crippen LogP contribution is -2.04. The zero-order chi connectivity index (χ0) is 11.5. The van der Waals surface area contributed by atoms with E-state index in [-0.39, 0.29) is 0 Å². The Labute approximate surface area is 94.3 Å². The van der Waals surface area contributed by atoms with E-state index < -0.39 is 0 Å². The van der Waals surface area contributed by atoms with Gasteiger partial charge < -0.3 is 5.73 Å². The van der Waals surface area contributed by atoms with Crippen LogP contribution in [-0.2, 0) is 13.5 Å². The van der Waals surface area contributed by atoms with Gasteiger partial charge in [-0.1, -0.05) is 13.3 Å². The van der Waals surface area contributed by atoms with Crippen LogP contribution in [0.1, 0.15) is 18.9 Å². The van der Waals surface area contributed by atoms with Crippen LogP contribution in [-0.4, -0.2) is 19.7 Å². The Kier molecular flexibility index (Phi) is 2.85. The molecule has 16 heavy (non-hydrogen) atoms. The SMILES string of the molecule is CCCc1c(N)ncnc1-c1ccnn1C. The van der Waals surface area contributed by atoms with Gasteiger partial charge >= 0.3 is 0 Å². The number of hydrogen-bond acceptors (Lipinski definition) is 4. The van der Waals surface area contributed by atoms with Crippen molar-refractivity contribution in [2.24, 2.45) is 7.05 Å². The van der Waals surface area contributed by atoms with E-state index in [2.05, 4.69) is 22.0 Å². The predicted molar refractivity (Wildman–Crippen MR) is 62.6 cm³/mol. The lowest BCUT2D eigenvalue weighted by Gasteiger charge is -2.09. The van der Waals surface area contributed by atoms with Gasteiger partial charge in [-0.05, 0) is 12.5 Å². The van der Waals surface area contributed by atoms with Gasteiger partial charge in [0.2, 0.25) is 0 Å². The Bertz CT molecular complexity index is 489. The third kappa shape index (κ3) is 1.76. The van der Waals surface area contributed by atoms with Crippen LogP contribution < -0.4 is 5.73 Å². The second-order valence-corrected chi connectivity index (χ2v) is 3.68. The van der Waals surface area contributed by atoms with Gasteiger partial charge in [-0.2, -0.15) is 5.10 Å². The van der Waals surface area contributed by atoms with Crippen LogP contribution in [0, 0.1) is 0 Å². The van der Waals surface area contributed by atoms with E-state index in [1.54, 1.807) is 10.9 Å². The minimum atomic E-state index is 0.563. The summed E-state index contributed by atoms with van der Waals surface area (Å²) in [7, 11) is 1.89. The van der Waals surface area contributed by atoms with E-state index in [4.69, 9.17) is 5.73 Å². The molecule has 0 amide bonds. The van der Waals surface area contributed by atoms with Crippen LogP contribution >= 0.6 is 0 Å². The topological polar surface area (TPSA) is 69.6 Å². The number of rotatable bonds is 3. The molecule has 2 aromatic heterocycles. The van der Waals surface area contributed by atoms with Crippen LogP contribution in [0.2, 0.25) is 0 Å². The van der Waals surface area contributed by atoms with Gasteiger partial charge in [0.15, 0.2) is 0 Å². The number of nitrogens with zero attached hydrogens (tertiary/aromatic N) is 4. The van der Waals surface area contributed by atoms with Crippen LogP contribution in [0.15, 0.2) is 18.6 Å². The fourth-order valence-electron chi connectivity index (χ4n) is 1.75. The third-order valence-electron chi connectivity index (χ3n) is 2.54. The molecule has 0 atom stereocenters. The van der Waals surface area contributed by atoms with E-state index >= 15 is 0 Å². The quantitative estimate of drug-likeness (QED) is 0.844. The average molecular weight is 217 g/mol. The fourth-order valence-corrected chi connectivity index (χ4v) is 1.75. The van der Waals surface area contributed by atoms with Crippen molar-refractivity contribution in [2.75, 3.05) is 5.73 Å². The lowest BCUT2D eigenvalue weighted by atomic mass is 10.1. The van der Waals surface area contributed by atoms with Crippen molar-refractivity contribution < 1.29 is 0 Å². The second-order valence-electron chi connectivity index (χ2n) is 3.68. The molecule has 0 fully saturated rings. The molecule has 0 bridgehead atoms. The normalized spacial score (nSPS) is 10.6. The Hall–Kier alpha value is -1.91. The molecule has 0 spiro atoms. The van der Waals surface area contributed by atoms with Crippen molar-refractivity contribution in [1.29, 1.82) is 0 Å². The molecule has 0 radical (unpaired) electrons. The van der Waals surface area contributed by atoms with Crippen molar-refractivity contribution in [3.8, 4) is 11.4 Å². The first-order valence-corrected chi connectivity index (χ1v) is 5.31. The summed E-state index contributed by atoms with van der Waals surface area (Å²) in [5.41, 5.74) is 8.74. The molecule has 0 aliphatic rings. The minimum absolute atomic E-state index is 0.563.